The van der Waals surface area contributed by atoms with Gasteiger partial charge in [0.2, 0.25) is 0 Å². The van der Waals surface area contributed by atoms with Crippen molar-refractivity contribution in [2.75, 3.05) is 0 Å². The largest absolute Gasteiger partial charge is 0.486 e. The van der Waals surface area contributed by atoms with E-state index in [0.717, 1.165) is 23.1 Å². The Morgan fingerprint density at radius 1 is 1.20 bits per heavy atom. The van der Waals surface area contributed by atoms with Gasteiger partial charge >= 0.3 is 0 Å². The van der Waals surface area contributed by atoms with Crippen LogP contribution >= 0.6 is 0 Å². The maximum atomic E-state index is 6.26. The summed E-state index contributed by atoms with van der Waals surface area (Å²) in [7, 11) is 0. The number of hydrogen-bond donors (Lipinski definition) is 1. The topological polar surface area (TPSA) is 48.1 Å². The van der Waals surface area contributed by atoms with E-state index < -0.39 is 0 Å². The van der Waals surface area contributed by atoms with E-state index in [1.807, 2.05) is 30.3 Å². The first-order valence-corrected chi connectivity index (χ1v) is 7.19. The van der Waals surface area contributed by atoms with Crippen LogP contribution in [0.5, 0.6) is 5.75 Å². The van der Waals surface area contributed by atoms with E-state index in [1.54, 1.807) is 6.20 Å². The third kappa shape index (κ3) is 3.10. The molecule has 2 aromatic rings. The fourth-order valence-electron chi connectivity index (χ4n) is 2.43. The summed E-state index contributed by atoms with van der Waals surface area (Å²) in [5, 5.41) is 1.09. The number of aromatic nitrogens is 1. The predicted molar refractivity (Wildman–Crippen MR) is 83.9 cm³/mol. The van der Waals surface area contributed by atoms with Crippen LogP contribution in [0.15, 0.2) is 36.5 Å². The Morgan fingerprint density at radius 3 is 2.55 bits per heavy atom. The Bertz CT molecular complexity index is 569. The third-order valence-electron chi connectivity index (χ3n) is 3.56. The molecule has 108 valence electrons. The van der Waals surface area contributed by atoms with Crippen LogP contribution in [-0.2, 0) is 0 Å². The minimum absolute atomic E-state index is 0.00830. The summed E-state index contributed by atoms with van der Waals surface area (Å²) >= 11 is 0. The molecule has 0 saturated heterocycles. The highest BCUT2D eigenvalue weighted by atomic mass is 16.5. The second-order valence-corrected chi connectivity index (χ2v) is 6.31. The first-order chi connectivity index (χ1) is 9.43. The number of fused-ring (bicyclic) bond motifs is 1. The van der Waals surface area contributed by atoms with E-state index in [1.165, 1.54) is 0 Å². The zero-order chi connectivity index (χ0) is 14.8. The fourth-order valence-corrected chi connectivity index (χ4v) is 2.43. The molecule has 3 nitrogen and oxygen atoms in total. The average Bonchev–Trinajstić information content (AvgIpc) is 2.42. The van der Waals surface area contributed by atoms with Crippen molar-refractivity contribution in [3.05, 3.63) is 36.5 Å². The van der Waals surface area contributed by atoms with E-state index in [-0.39, 0.29) is 17.6 Å². The van der Waals surface area contributed by atoms with Gasteiger partial charge in [-0.25, -0.2) is 0 Å². The van der Waals surface area contributed by atoms with Crippen molar-refractivity contribution in [1.29, 1.82) is 0 Å². The molecule has 0 aliphatic carbocycles. The lowest BCUT2D eigenvalue weighted by Crippen LogP contribution is -2.47. The molecule has 0 spiro atoms. The SMILES string of the molecule is CCC(N)C(Oc1cccc2cccnc12)C(C)(C)C. The lowest BCUT2D eigenvalue weighted by Gasteiger charge is -2.35. The molecule has 1 aromatic heterocycles. The van der Waals surface area contributed by atoms with Gasteiger partial charge in [-0.2, -0.15) is 0 Å². The monoisotopic (exact) mass is 272 g/mol. The Kier molecular flexibility index (Phi) is 4.29. The second-order valence-electron chi connectivity index (χ2n) is 6.31. The van der Waals surface area contributed by atoms with E-state index >= 15 is 0 Å². The highest BCUT2D eigenvalue weighted by Crippen LogP contribution is 2.31. The molecule has 0 amide bonds. The van der Waals surface area contributed by atoms with Gasteiger partial charge in [-0.15, -0.1) is 0 Å². The Labute approximate surface area is 121 Å². The van der Waals surface area contributed by atoms with Crippen LogP contribution in [0, 0.1) is 5.41 Å². The predicted octanol–water partition coefficient (Wildman–Crippen LogP) is 3.77. The van der Waals surface area contributed by atoms with Crippen molar-refractivity contribution < 1.29 is 4.74 Å². The summed E-state index contributed by atoms with van der Waals surface area (Å²) in [6, 6.07) is 9.99. The number of ether oxygens (including phenoxy) is 1. The van der Waals surface area contributed by atoms with E-state index in [2.05, 4.69) is 32.7 Å². The molecule has 1 aromatic carbocycles. The lowest BCUT2D eigenvalue weighted by molar-refractivity contribution is 0.0634. The molecule has 2 rings (SSSR count). The highest BCUT2D eigenvalue weighted by Gasteiger charge is 2.31. The van der Waals surface area contributed by atoms with Gasteiger partial charge in [0, 0.05) is 23.0 Å². The summed E-state index contributed by atoms with van der Waals surface area (Å²) in [4.78, 5) is 4.44. The zero-order valence-electron chi connectivity index (χ0n) is 12.8. The molecule has 0 fully saturated rings. The number of pyridine rings is 1. The van der Waals surface area contributed by atoms with Crippen LogP contribution in [-0.4, -0.2) is 17.1 Å². The normalized spacial score (nSPS) is 15.1. The van der Waals surface area contributed by atoms with Gasteiger partial charge in [-0.1, -0.05) is 45.9 Å². The minimum Gasteiger partial charge on any atom is -0.486 e. The third-order valence-corrected chi connectivity index (χ3v) is 3.56. The Hall–Kier alpha value is -1.61. The van der Waals surface area contributed by atoms with Crippen LogP contribution in [0.2, 0.25) is 0 Å². The van der Waals surface area contributed by atoms with Crippen LogP contribution < -0.4 is 10.5 Å². The smallest absolute Gasteiger partial charge is 0.146 e. The van der Waals surface area contributed by atoms with Crippen LogP contribution in [0.3, 0.4) is 0 Å². The number of hydrogen-bond acceptors (Lipinski definition) is 3. The van der Waals surface area contributed by atoms with Crippen molar-refractivity contribution in [3.8, 4) is 5.75 Å². The van der Waals surface area contributed by atoms with Gasteiger partial charge in [0.15, 0.2) is 0 Å². The Morgan fingerprint density at radius 2 is 1.90 bits per heavy atom. The van der Waals surface area contributed by atoms with Crippen molar-refractivity contribution in [1.82, 2.24) is 4.98 Å². The fraction of sp³-hybridized carbons (Fsp3) is 0.471. The van der Waals surface area contributed by atoms with Crippen LogP contribution in [0.25, 0.3) is 10.9 Å². The van der Waals surface area contributed by atoms with Crippen LogP contribution in [0.4, 0.5) is 0 Å². The quantitative estimate of drug-likeness (QED) is 0.921. The number of para-hydroxylation sites is 1. The Balaban J connectivity index is 2.38. The molecule has 2 unspecified atom stereocenters. The number of benzene rings is 1. The molecule has 1 heterocycles. The molecule has 0 bridgehead atoms. The van der Waals surface area contributed by atoms with Crippen molar-refractivity contribution in [3.63, 3.8) is 0 Å². The molecular weight excluding hydrogens is 248 g/mol. The van der Waals surface area contributed by atoms with Gasteiger partial charge < -0.3 is 10.5 Å². The number of nitrogens with zero attached hydrogens (tertiary/aromatic N) is 1. The molecule has 2 atom stereocenters. The van der Waals surface area contributed by atoms with Gasteiger partial charge in [0.1, 0.15) is 17.4 Å². The second kappa shape index (κ2) is 5.80. The average molecular weight is 272 g/mol. The van der Waals surface area contributed by atoms with Crippen LogP contribution in [0.1, 0.15) is 34.1 Å². The zero-order valence-corrected chi connectivity index (χ0v) is 12.8. The summed E-state index contributed by atoms with van der Waals surface area (Å²) < 4.78 is 6.26. The van der Waals surface area contributed by atoms with Crippen molar-refractivity contribution in [2.24, 2.45) is 11.1 Å². The standard InChI is InChI=1S/C17H24N2O/c1-5-13(18)16(17(2,3)4)20-14-10-6-8-12-9-7-11-19-15(12)14/h6-11,13,16H,5,18H2,1-4H3. The summed E-state index contributed by atoms with van der Waals surface area (Å²) in [5.41, 5.74) is 7.12. The molecule has 0 radical (unpaired) electrons. The van der Waals surface area contributed by atoms with E-state index in [9.17, 15) is 0 Å². The first-order valence-electron chi connectivity index (χ1n) is 7.19. The molecule has 0 aliphatic heterocycles. The number of nitrogens with two attached hydrogens (primary N) is 1. The summed E-state index contributed by atoms with van der Waals surface area (Å²) in [6.07, 6.45) is 2.64. The van der Waals surface area contributed by atoms with Crippen molar-refractivity contribution in [2.45, 2.75) is 46.3 Å². The summed E-state index contributed by atoms with van der Waals surface area (Å²) in [5.74, 6) is 0.812. The molecular formula is C17H24N2O. The lowest BCUT2D eigenvalue weighted by atomic mass is 9.84. The first kappa shape index (κ1) is 14.8. The summed E-state index contributed by atoms with van der Waals surface area (Å²) in [6.45, 7) is 8.57. The van der Waals surface area contributed by atoms with Gasteiger partial charge in [-0.3, -0.25) is 4.98 Å². The maximum absolute atomic E-state index is 6.26. The number of rotatable bonds is 4. The van der Waals surface area contributed by atoms with E-state index in [0.29, 0.717) is 0 Å². The molecule has 20 heavy (non-hydrogen) atoms. The molecule has 0 aliphatic rings. The van der Waals surface area contributed by atoms with E-state index in [4.69, 9.17) is 10.5 Å². The van der Waals surface area contributed by atoms with Gasteiger partial charge in [-0.05, 0) is 18.6 Å². The molecule has 3 heteroatoms. The van der Waals surface area contributed by atoms with Gasteiger partial charge in [0.05, 0.1) is 0 Å². The molecule has 2 N–H and O–H groups in total. The molecule has 0 saturated carbocycles. The van der Waals surface area contributed by atoms with Gasteiger partial charge in [0.25, 0.3) is 0 Å². The van der Waals surface area contributed by atoms with Crippen molar-refractivity contribution >= 4 is 10.9 Å². The highest BCUT2D eigenvalue weighted by molar-refractivity contribution is 5.84. The maximum Gasteiger partial charge on any atom is 0.146 e. The minimum atomic E-state index is -0.0416.